The highest BCUT2D eigenvalue weighted by molar-refractivity contribution is 5.25. The van der Waals surface area contributed by atoms with Gasteiger partial charge in [-0.15, -0.1) is 0 Å². The van der Waals surface area contributed by atoms with Crippen LogP contribution in [0.2, 0.25) is 0 Å². The van der Waals surface area contributed by atoms with Crippen LogP contribution in [0.25, 0.3) is 0 Å². The number of hydrogen-bond donors (Lipinski definition) is 1. The van der Waals surface area contributed by atoms with Crippen LogP contribution < -0.4 is 0 Å². The Labute approximate surface area is 60.4 Å². The molecule has 1 nitrogen and oxygen atoms in total. The highest BCUT2D eigenvalue weighted by Crippen LogP contribution is 2.80. The number of hydrogen-bond acceptors (Lipinski definition) is 1. The van der Waals surface area contributed by atoms with Gasteiger partial charge < -0.3 is 5.11 Å². The van der Waals surface area contributed by atoms with E-state index >= 15 is 0 Å². The van der Waals surface area contributed by atoms with Crippen LogP contribution in [-0.2, 0) is 0 Å². The third-order valence-electron chi connectivity index (χ3n) is 4.78. The molecule has 1 heteroatoms. The molecule has 5 aliphatic rings. The van der Waals surface area contributed by atoms with Crippen molar-refractivity contribution in [2.75, 3.05) is 0 Å². The molecular weight excluding hydrogens is 124 g/mol. The first-order valence-electron chi connectivity index (χ1n) is 4.56. The zero-order chi connectivity index (χ0) is 6.46. The summed E-state index contributed by atoms with van der Waals surface area (Å²) in [5.74, 6) is 5.96. The van der Waals surface area contributed by atoms with Gasteiger partial charge in [0.1, 0.15) is 0 Å². The fourth-order valence-corrected chi connectivity index (χ4v) is 4.70. The van der Waals surface area contributed by atoms with E-state index in [4.69, 9.17) is 0 Å². The van der Waals surface area contributed by atoms with Crippen LogP contribution in [0.15, 0.2) is 0 Å². The van der Waals surface area contributed by atoms with E-state index in [2.05, 4.69) is 0 Å². The van der Waals surface area contributed by atoms with Crippen LogP contribution >= 0.6 is 0 Å². The molecule has 7 atom stereocenters. The normalized spacial score (nSPS) is 80.7. The summed E-state index contributed by atoms with van der Waals surface area (Å²) in [5.41, 5.74) is 0. The van der Waals surface area contributed by atoms with Gasteiger partial charge in [-0.05, 0) is 48.3 Å². The Morgan fingerprint density at radius 3 is 2.10 bits per heavy atom. The van der Waals surface area contributed by atoms with Crippen LogP contribution in [-0.4, -0.2) is 11.2 Å². The topological polar surface area (TPSA) is 20.2 Å². The first-order valence-corrected chi connectivity index (χ1v) is 4.56. The third kappa shape index (κ3) is 0.268. The van der Waals surface area contributed by atoms with Crippen molar-refractivity contribution in [3.8, 4) is 0 Å². The summed E-state index contributed by atoms with van der Waals surface area (Å²) >= 11 is 0. The second-order valence-electron chi connectivity index (χ2n) is 4.76. The largest absolute Gasteiger partial charge is 0.393 e. The molecule has 0 aromatic rings. The summed E-state index contributed by atoms with van der Waals surface area (Å²) in [5, 5.41) is 9.61. The van der Waals surface area contributed by atoms with Gasteiger partial charge in [0, 0.05) is 0 Å². The molecule has 0 radical (unpaired) electrons. The molecular formula is C9H12O. The van der Waals surface area contributed by atoms with Crippen molar-refractivity contribution in [2.24, 2.45) is 35.5 Å². The van der Waals surface area contributed by atoms with Gasteiger partial charge >= 0.3 is 0 Å². The summed E-state index contributed by atoms with van der Waals surface area (Å²) in [6.45, 7) is 0. The molecule has 54 valence electrons. The summed E-state index contributed by atoms with van der Waals surface area (Å²) in [6, 6.07) is 0. The lowest BCUT2D eigenvalue weighted by Crippen LogP contribution is -2.18. The van der Waals surface area contributed by atoms with E-state index in [1.165, 1.54) is 6.42 Å². The van der Waals surface area contributed by atoms with Gasteiger partial charge in [0.2, 0.25) is 0 Å². The Bertz CT molecular complexity index is 213. The van der Waals surface area contributed by atoms with Gasteiger partial charge in [-0.2, -0.15) is 0 Å². The number of aliphatic hydroxyl groups is 1. The predicted molar refractivity (Wildman–Crippen MR) is 36.2 cm³/mol. The zero-order valence-corrected chi connectivity index (χ0v) is 5.90. The molecule has 5 aliphatic carbocycles. The molecule has 0 aromatic heterocycles. The molecule has 5 fully saturated rings. The van der Waals surface area contributed by atoms with Crippen molar-refractivity contribution in [1.29, 1.82) is 0 Å². The van der Waals surface area contributed by atoms with Crippen molar-refractivity contribution >= 4 is 0 Å². The van der Waals surface area contributed by atoms with Crippen LogP contribution in [0.1, 0.15) is 12.8 Å². The van der Waals surface area contributed by atoms with Gasteiger partial charge in [0.25, 0.3) is 0 Å². The first kappa shape index (κ1) is 4.76. The Hall–Kier alpha value is -0.0400. The molecule has 0 spiro atoms. The lowest BCUT2D eigenvalue weighted by molar-refractivity contribution is 0.104. The van der Waals surface area contributed by atoms with Crippen molar-refractivity contribution in [1.82, 2.24) is 0 Å². The fourth-order valence-electron chi connectivity index (χ4n) is 4.70. The maximum absolute atomic E-state index is 9.61. The van der Waals surface area contributed by atoms with E-state index in [-0.39, 0.29) is 6.10 Å². The Balaban J connectivity index is 1.93. The Morgan fingerprint density at radius 2 is 1.60 bits per heavy atom. The van der Waals surface area contributed by atoms with E-state index in [1.807, 2.05) is 0 Å². The molecule has 0 saturated heterocycles. The van der Waals surface area contributed by atoms with Crippen molar-refractivity contribution < 1.29 is 5.11 Å². The quantitative estimate of drug-likeness (QED) is 0.524. The highest BCUT2D eigenvalue weighted by atomic mass is 16.3. The van der Waals surface area contributed by atoms with Crippen LogP contribution in [0.4, 0.5) is 0 Å². The molecule has 6 bridgehead atoms. The lowest BCUT2D eigenvalue weighted by atomic mass is 9.98. The predicted octanol–water partition coefficient (Wildman–Crippen LogP) is 0.879. The number of aliphatic hydroxyl groups excluding tert-OH is 1. The standard InChI is InChI=1S/C9H12O/c10-6-2-4-3-1-5-7(4)9(5)8(3)6/h3-10H,1-2H2/t3-,4+,5+,6+,7-,8-,9-/m1/s1. The minimum Gasteiger partial charge on any atom is -0.393 e. The summed E-state index contributed by atoms with van der Waals surface area (Å²) in [4.78, 5) is 0. The second-order valence-corrected chi connectivity index (χ2v) is 4.76. The lowest BCUT2D eigenvalue weighted by Gasteiger charge is -2.14. The molecule has 5 saturated carbocycles. The average Bonchev–Trinajstić information content (AvgIpc) is 2.34. The summed E-state index contributed by atoms with van der Waals surface area (Å²) in [7, 11) is 0. The minimum absolute atomic E-state index is 0.115. The fraction of sp³-hybridized carbons (Fsp3) is 1.00. The van der Waals surface area contributed by atoms with Gasteiger partial charge in [-0.1, -0.05) is 0 Å². The third-order valence-corrected chi connectivity index (χ3v) is 4.78. The summed E-state index contributed by atoms with van der Waals surface area (Å²) < 4.78 is 0. The van der Waals surface area contributed by atoms with E-state index in [9.17, 15) is 5.11 Å². The average molecular weight is 136 g/mol. The Kier molecular flexibility index (Phi) is 0.513. The Morgan fingerprint density at radius 1 is 0.800 bits per heavy atom. The molecule has 5 rings (SSSR count). The van der Waals surface area contributed by atoms with Gasteiger partial charge in [0.15, 0.2) is 0 Å². The van der Waals surface area contributed by atoms with Gasteiger partial charge in [-0.3, -0.25) is 0 Å². The highest BCUT2D eigenvalue weighted by Gasteiger charge is 2.77. The second kappa shape index (κ2) is 1.08. The minimum atomic E-state index is 0.115. The monoisotopic (exact) mass is 136 g/mol. The van der Waals surface area contributed by atoms with Gasteiger partial charge in [0.05, 0.1) is 6.10 Å². The molecule has 0 unspecified atom stereocenters. The van der Waals surface area contributed by atoms with Crippen LogP contribution in [0, 0.1) is 35.5 Å². The molecule has 1 N–H and O–H groups in total. The van der Waals surface area contributed by atoms with Crippen molar-refractivity contribution in [2.45, 2.75) is 18.9 Å². The maximum Gasteiger partial charge on any atom is 0.0576 e. The number of rotatable bonds is 0. The smallest absolute Gasteiger partial charge is 0.0576 e. The van der Waals surface area contributed by atoms with E-state index in [0.29, 0.717) is 0 Å². The zero-order valence-electron chi connectivity index (χ0n) is 5.90. The molecule has 0 aliphatic heterocycles. The van der Waals surface area contributed by atoms with E-state index in [1.54, 1.807) is 0 Å². The first-order chi connectivity index (χ1) is 4.88. The SMILES string of the molecule is O[C@H]1C[C@H]2[C@H]3C[C@H]4[C@@H]2[C@@H]4[C@H]31. The maximum atomic E-state index is 9.61. The van der Waals surface area contributed by atoms with Crippen molar-refractivity contribution in [3.63, 3.8) is 0 Å². The molecule has 0 aromatic carbocycles. The van der Waals surface area contributed by atoms with Crippen LogP contribution in [0.5, 0.6) is 0 Å². The van der Waals surface area contributed by atoms with E-state index < -0.39 is 0 Å². The van der Waals surface area contributed by atoms with Gasteiger partial charge in [-0.25, -0.2) is 0 Å². The van der Waals surface area contributed by atoms with E-state index in [0.717, 1.165) is 41.9 Å². The van der Waals surface area contributed by atoms with Crippen molar-refractivity contribution in [3.05, 3.63) is 0 Å². The summed E-state index contributed by atoms with van der Waals surface area (Å²) in [6.07, 6.45) is 2.76. The molecule has 10 heavy (non-hydrogen) atoms. The molecule has 0 heterocycles. The van der Waals surface area contributed by atoms with Crippen LogP contribution in [0.3, 0.4) is 0 Å². The molecule has 0 amide bonds.